The lowest BCUT2D eigenvalue weighted by atomic mass is 10.1. The molecular formula is C17H13NO2. The summed E-state index contributed by atoms with van der Waals surface area (Å²) in [4.78, 5) is 16.8. The van der Waals surface area contributed by atoms with Crippen molar-refractivity contribution in [3.05, 3.63) is 71.8 Å². The van der Waals surface area contributed by atoms with Crippen LogP contribution in [0.4, 0.5) is 0 Å². The molecule has 4 rings (SSSR count). The van der Waals surface area contributed by atoms with Crippen molar-refractivity contribution in [2.45, 2.75) is 17.9 Å². The number of benzene rings is 2. The zero-order chi connectivity index (χ0) is 13.6. The molecule has 0 amide bonds. The number of carbonyl (C=O) groups excluding carboxylic acids is 1. The Kier molecular flexibility index (Phi) is 2.30. The number of carbonyl (C=O) groups is 1. The van der Waals surface area contributed by atoms with Gasteiger partial charge in [-0.3, -0.25) is 0 Å². The van der Waals surface area contributed by atoms with Gasteiger partial charge in [0.05, 0.1) is 0 Å². The van der Waals surface area contributed by atoms with Crippen molar-refractivity contribution < 1.29 is 9.53 Å². The van der Waals surface area contributed by atoms with Crippen molar-refractivity contribution in [3.8, 4) is 0 Å². The third-order valence-electron chi connectivity index (χ3n) is 4.00. The van der Waals surface area contributed by atoms with E-state index in [1.807, 2.05) is 60.7 Å². The predicted molar refractivity (Wildman–Crippen MR) is 75.6 cm³/mol. The van der Waals surface area contributed by atoms with Crippen LogP contribution in [-0.4, -0.2) is 17.4 Å². The zero-order valence-electron chi connectivity index (χ0n) is 10.8. The standard InChI is InChI=1S/C17H13NO2/c19-16-17(11-14(17)12-7-3-1-4-8-12)18-15(20-16)13-9-5-2-6-10-13/h1-10,14H,11H2/t14-,17-/m1/s1. The van der Waals surface area contributed by atoms with Gasteiger partial charge in [0.1, 0.15) is 0 Å². The van der Waals surface area contributed by atoms with Crippen LogP contribution in [0.2, 0.25) is 0 Å². The van der Waals surface area contributed by atoms with Crippen LogP contribution in [0.25, 0.3) is 0 Å². The quantitative estimate of drug-likeness (QED) is 0.781. The lowest BCUT2D eigenvalue weighted by Crippen LogP contribution is -2.18. The van der Waals surface area contributed by atoms with Crippen LogP contribution >= 0.6 is 0 Å². The molecule has 2 aromatic carbocycles. The molecule has 1 aliphatic heterocycles. The van der Waals surface area contributed by atoms with Crippen molar-refractivity contribution in [2.75, 3.05) is 0 Å². The van der Waals surface area contributed by atoms with Crippen LogP contribution in [0, 0.1) is 0 Å². The number of hydrogen-bond acceptors (Lipinski definition) is 3. The number of hydrogen-bond donors (Lipinski definition) is 0. The highest BCUT2D eigenvalue weighted by Gasteiger charge is 2.65. The molecule has 1 fully saturated rings. The van der Waals surface area contributed by atoms with E-state index in [0.29, 0.717) is 5.90 Å². The minimum absolute atomic E-state index is 0.150. The predicted octanol–water partition coefficient (Wildman–Crippen LogP) is 2.92. The molecule has 1 aliphatic carbocycles. The molecule has 0 bridgehead atoms. The van der Waals surface area contributed by atoms with Crippen LogP contribution < -0.4 is 0 Å². The van der Waals surface area contributed by atoms with E-state index in [9.17, 15) is 4.79 Å². The maximum Gasteiger partial charge on any atom is 0.341 e. The molecule has 0 aromatic heterocycles. The average molecular weight is 263 g/mol. The largest absolute Gasteiger partial charge is 0.405 e. The Morgan fingerprint density at radius 1 is 1.00 bits per heavy atom. The van der Waals surface area contributed by atoms with Gasteiger partial charge >= 0.3 is 5.97 Å². The minimum atomic E-state index is -0.674. The fourth-order valence-electron chi connectivity index (χ4n) is 2.81. The Labute approximate surface area is 116 Å². The van der Waals surface area contributed by atoms with Crippen molar-refractivity contribution in [1.82, 2.24) is 0 Å². The molecule has 3 nitrogen and oxygen atoms in total. The summed E-state index contributed by atoms with van der Waals surface area (Å²) in [6.07, 6.45) is 0.742. The summed E-state index contributed by atoms with van der Waals surface area (Å²) in [6, 6.07) is 19.6. The highest BCUT2D eigenvalue weighted by Crippen LogP contribution is 2.57. The third-order valence-corrected chi connectivity index (χ3v) is 4.00. The van der Waals surface area contributed by atoms with Crippen molar-refractivity contribution >= 4 is 11.9 Å². The topological polar surface area (TPSA) is 38.7 Å². The number of nitrogens with zero attached hydrogens (tertiary/aromatic N) is 1. The van der Waals surface area contributed by atoms with Crippen LogP contribution in [0.3, 0.4) is 0 Å². The first-order chi connectivity index (χ1) is 9.79. The second kappa shape index (κ2) is 4.04. The van der Waals surface area contributed by atoms with Gasteiger partial charge < -0.3 is 4.74 Å². The van der Waals surface area contributed by atoms with E-state index < -0.39 is 5.54 Å². The molecule has 0 N–H and O–H groups in total. The summed E-state index contributed by atoms with van der Waals surface area (Å²) in [5.74, 6) is 0.386. The molecule has 2 aliphatic rings. The molecule has 0 unspecified atom stereocenters. The molecular weight excluding hydrogens is 250 g/mol. The molecule has 1 spiro atoms. The summed E-state index contributed by atoms with van der Waals surface area (Å²) in [6.45, 7) is 0. The first-order valence-corrected chi connectivity index (χ1v) is 6.72. The van der Waals surface area contributed by atoms with E-state index in [2.05, 4.69) is 4.99 Å². The third kappa shape index (κ3) is 1.59. The Bertz CT molecular complexity index is 693. The van der Waals surface area contributed by atoms with Gasteiger partial charge in [-0.1, -0.05) is 48.5 Å². The SMILES string of the molecule is O=C1OC(c2ccccc2)=N[C@@]12C[C@@H]2c1ccccc1. The zero-order valence-corrected chi connectivity index (χ0v) is 10.8. The smallest absolute Gasteiger partial charge is 0.341 e. The van der Waals surface area contributed by atoms with Gasteiger partial charge in [-0.15, -0.1) is 0 Å². The van der Waals surface area contributed by atoms with Crippen LogP contribution in [0.15, 0.2) is 65.7 Å². The molecule has 0 saturated heterocycles. The van der Waals surface area contributed by atoms with Crippen molar-refractivity contribution in [1.29, 1.82) is 0 Å². The highest BCUT2D eigenvalue weighted by atomic mass is 16.6. The fraction of sp³-hybridized carbons (Fsp3) is 0.176. The van der Waals surface area contributed by atoms with Crippen LogP contribution in [-0.2, 0) is 9.53 Å². The van der Waals surface area contributed by atoms with Gasteiger partial charge in [-0.2, -0.15) is 0 Å². The Morgan fingerprint density at radius 3 is 2.35 bits per heavy atom. The number of esters is 1. The summed E-state index contributed by atoms with van der Waals surface area (Å²) in [7, 11) is 0. The first kappa shape index (κ1) is 11.4. The van der Waals surface area contributed by atoms with Crippen molar-refractivity contribution in [3.63, 3.8) is 0 Å². The van der Waals surface area contributed by atoms with E-state index in [1.54, 1.807) is 0 Å². The summed E-state index contributed by atoms with van der Waals surface area (Å²) in [5, 5.41) is 0. The molecule has 1 heterocycles. The minimum Gasteiger partial charge on any atom is -0.405 e. The Balaban J connectivity index is 1.68. The average Bonchev–Trinajstić information content (AvgIpc) is 3.14. The van der Waals surface area contributed by atoms with Gasteiger partial charge in [-0.05, 0) is 24.1 Å². The number of cyclic esters (lactones) is 1. The van der Waals surface area contributed by atoms with E-state index in [4.69, 9.17) is 4.74 Å². The molecule has 2 atom stereocenters. The molecule has 98 valence electrons. The van der Waals surface area contributed by atoms with E-state index in [1.165, 1.54) is 0 Å². The maximum absolute atomic E-state index is 12.2. The Hall–Kier alpha value is -2.42. The van der Waals surface area contributed by atoms with Gasteiger partial charge in [0.25, 0.3) is 0 Å². The lowest BCUT2D eigenvalue weighted by Gasteiger charge is -2.01. The van der Waals surface area contributed by atoms with E-state index >= 15 is 0 Å². The molecule has 1 saturated carbocycles. The first-order valence-electron chi connectivity index (χ1n) is 6.72. The summed E-state index contributed by atoms with van der Waals surface area (Å²) < 4.78 is 5.39. The second-order valence-electron chi connectivity index (χ2n) is 5.26. The highest BCUT2D eigenvalue weighted by molar-refractivity contribution is 6.09. The van der Waals surface area contributed by atoms with E-state index in [0.717, 1.165) is 17.5 Å². The molecule has 0 radical (unpaired) electrons. The lowest BCUT2D eigenvalue weighted by molar-refractivity contribution is -0.136. The molecule has 2 aromatic rings. The number of aliphatic imine (C=N–C) groups is 1. The number of rotatable bonds is 2. The fourth-order valence-corrected chi connectivity index (χ4v) is 2.81. The summed E-state index contributed by atoms with van der Waals surface area (Å²) >= 11 is 0. The van der Waals surface area contributed by atoms with Gasteiger partial charge in [0, 0.05) is 11.5 Å². The monoisotopic (exact) mass is 263 g/mol. The summed E-state index contributed by atoms with van der Waals surface area (Å²) in [5.41, 5.74) is 1.34. The van der Waals surface area contributed by atoms with Gasteiger partial charge in [-0.25, -0.2) is 9.79 Å². The Morgan fingerprint density at radius 2 is 1.65 bits per heavy atom. The second-order valence-corrected chi connectivity index (χ2v) is 5.26. The van der Waals surface area contributed by atoms with Crippen LogP contribution in [0.5, 0.6) is 0 Å². The molecule has 20 heavy (non-hydrogen) atoms. The maximum atomic E-state index is 12.2. The van der Waals surface area contributed by atoms with Crippen LogP contribution in [0.1, 0.15) is 23.5 Å². The molecule has 3 heteroatoms. The van der Waals surface area contributed by atoms with Gasteiger partial charge in [0.2, 0.25) is 5.90 Å². The van der Waals surface area contributed by atoms with Gasteiger partial charge in [0.15, 0.2) is 5.54 Å². The normalized spacial score (nSPS) is 27.3. The number of ether oxygens (including phenoxy) is 1. The van der Waals surface area contributed by atoms with Crippen molar-refractivity contribution in [2.24, 2.45) is 4.99 Å². The van der Waals surface area contributed by atoms with E-state index in [-0.39, 0.29) is 11.9 Å².